The second kappa shape index (κ2) is 5.26. The summed E-state index contributed by atoms with van der Waals surface area (Å²) >= 11 is 0. The van der Waals surface area contributed by atoms with Gasteiger partial charge < -0.3 is 8.83 Å². The van der Waals surface area contributed by atoms with Crippen molar-refractivity contribution in [3.63, 3.8) is 0 Å². The second-order valence-corrected chi connectivity index (χ2v) is 7.43. The summed E-state index contributed by atoms with van der Waals surface area (Å²) < 4.78 is 17.1. The van der Waals surface area contributed by atoms with Gasteiger partial charge in [-0.15, -0.1) is 0 Å². The zero-order chi connectivity index (χ0) is 19.0. The molecule has 3 heterocycles. The van der Waals surface area contributed by atoms with Crippen LogP contribution in [0.1, 0.15) is 5.56 Å². The summed E-state index contributed by atoms with van der Waals surface area (Å²) in [5.41, 5.74) is 7.04. The molecule has 0 saturated carbocycles. The predicted molar refractivity (Wildman–Crippen MR) is 111 cm³/mol. The summed E-state index contributed by atoms with van der Waals surface area (Å²) in [6.07, 6.45) is 0. The fourth-order valence-electron chi connectivity index (χ4n) is 4.46. The molecule has 0 unspecified atom stereocenters. The van der Waals surface area contributed by atoms with E-state index in [0.29, 0.717) is 0 Å². The second-order valence-electron chi connectivity index (χ2n) is 7.43. The van der Waals surface area contributed by atoms with Gasteiger partial charge in [-0.05, 0) is 30.7 Å². The minimum Gasteiger partial charge on any atom is -0.455 e. The van der Waals surface area contributed by atoms with Crippen molar-refractivity contribution in [1.82, 2.24) is 4.57 Å². The molecule has 6 rings (SSSR count). The predicted octanol–water partition coefficient (Wildman–Crippen LogP) is 5.62. The van der Waals surface area contributed by atoms with Crippen LogP contribution in [0, 0.1) is 6.92 Å². The van der Waals surface area contributed by atoms with Crippen LogP contribution in [0.4, 0.5) is 0 Å². The van der Waals surface area contributed by atoms with E-state index in [1.54, 1.807) is 0 Å². The number of aromatic nitrogens is 2. The van der Waals surface area contributed by atoms with Crippen LogP contribution in [0.25, 0.3) is 55.5 Å². The van der Waals surface area contributed by atoms with Gasteiger partial charge in [0.1, 0.15) is 16.7 Å². The Balaban J connectivity index is 1.76. The molecule has 0 aliphatic rings. The summed E-state index contributed by atoms with van der Waals surface area (Å²) in [6.45, 7) is 2.10. The highest BCUT2D eigenvalue weighted by Gasteiger charge is 2.29. The highest BCUT2D eigenvalue weighted by Crippen LogP contribution is 2.39. The van der Waals surface area contributed by atoms with Crippen LogP contribution in [0.15, 0.2) is 69.5 Å². The van der Waals surface area contributed by atoms with E-state index in [0.717, 1.165) is 61.1 Å². The minimum absolute atomic E-state index is 0.813. The van der Waals surface area contributed by atoms with Gasteiger partial charge in [-0.2, -0.15) is 4.57 Å². The van der Waals surface area contributed by atoms with Crippen molar-refractivity contribution in [3.8, 4) is 11.5 Å². The smallest absolute Gasteiger partial charge is 0.328 e. The molecule has 0 atom stereocenters. The van der Waals surface area contributed by atoms with E-state index >= 15 is 0 Å². The van der Waals surface area contributed by atoms with Gasteiger partial charge in [0, 0.05) is 10.8 Å². The molecule has 0 spiro atoms. The highest BCUT2D eigenvalue weighted by atomic mass is 16.4. The van der Waals surface area contributed by atoms with Gasteiger partial charge >= 0.3 is 11.5 Å². The van der Waals surface area contributed by atoms with E-state index in [4.69, 9.17) is 8.83 Å². The van der Waals surface area contributed by atoms with Crippen molar-refractivity contribution in [2.45, 2.75) is 6.92 Å². The molecule has 0 fully saturated rings. The number of fused-ring (bicyclic) bond motifs is 6. The molecule has 136 valence electrons. The lowest BCUT2D eigenvalue weighted by molar-refractivity contribution is -0.640. The normalized spacial score (nSPS) is 12.1. The zero-order valence-corrected chi connectivity index (χ0v) is 16.0. The molecule has 4 nitrogen and oxygen atoms in total. The van der Waals surface area contributed by atoms with Gasteiger partial charge in [0.25, 0.3) is 0 Å². The Morgan fingerprint density at radius 3 is 2.39 bits per heavy atom. The molecule has 0 radical (unpaired) electrons. The number of benzene rings is 3. The highest BCUT2D eigenvalue weighted by molar-refractivity contribution is 6.10. The van der Waals surface area contributed by atoms with Gasteiger partial charge in [-0.1, -0.05) is 42.5 Å². The third kappa shape index (κ3) is 1.82. The summed E-state index contributed by atoms with van der Waals surface area (Å²) in [4.78, 5) is 0. The number of para-hydroxylation sites is 2. The number of hydrogen-bond donors (Lipinski definition) is 0. The lowest BCUT2D eigenvalue weighted by atomic mass is 10.0. The Hall–Kier alpha value is -3.53. The first-order valence-electron chi connectivity index (χ1n) is 9.42. The summed E-state index contributed by atoms with van der Waals surface area (Å²) in [5, 5.41) is 3.36. The number of furan rings is 1. The van der Waals surface area contributed by atoms with Crippen molar-refractivity contribution in [3.05, 3.63) is 66.2 Å². The zero-order valence-electron chi connectivity index (χ0n) is 16.0. The van der Waals surface area contributed by atoms with E-state index < -0.39 is 0 Å². The van der Waals surface area contributed by atoms with Crippen LogP contribution < -0.4 is 4.57 Å². The monoisotopic (exact) mass is 367 g/mol. The van der Waals surface area contributed by atoms with E-state index in [9.17, 15) is 0 Å². The molecule has 0 aliphatic heterocycles. The minimum atomic E-state index is 0.813. The van der Waals surface area contributed by atoms with Crippen molar-refractivity contribution >= 4 is 44.1 Å². The Morgan fingerprint density at radius 1 is 0.786 bits per heavy atom. The summed E-state index contributed by atoms with van der Waals surface area (Å²) in [7, 11) is 4.14. The van der Waals surface area contributed by atoms with Crippen LogP contribution in [-0.4, -0.2) is 4.57 Å². The Kier molecular flexibility index (Phi) is 2.91. The lowest BCUT2D eigenvalue weighted by Crippen LogP contribution is -2.30. The van der Waals surface area contributed by atoms with Crippen LogP contribution in [0.2, 0.25) is 0 Å². The van der Waals surface area contributed by atoms with Gasteiger partial charge in [0.15, 0.2) is 5.58 Å². The fourth-order valence-corrected chi connectivity index (χ4v) is 4.46. The van der Waals surface area contributed by atoms with Crippen LogP contribution in [0.3, 0.4) is 0 Å². The van der Waals surface area contributed by atoms with E-state index in [-0.39, 0.29) is 0 Å². The van der Waals surface area contributed by atoms with Gasteiger partial charge in [0.05, 0.1) is 19.5 Å². The maximum atomic E-state index is 6.49. The van der Waals surface area contributed by atoms with Gasteiger partial charge in [0.2, 0.25) is 5.58 Å². The molecule has 28 heavy (non-hydrogen) atoms. The van der Waals surface area contributed by atoms with Gasteiger partial charge in [-0.25, -0.2) is 4.57 Å². The average molecular weight is 367 g/mol. The Labute approximate surface area is 161 Å². The molecule has 3 aromatic carbocycles. The van der Waals surface area contributed by atoms with E-state index in [1.165, 1.54) is 0 Å². The number of hydrogen-bond acceptors (Lipinski definition) is 2. The largest absolute Gasteiger partial charge is 0.455 e. The van der Waals surface area contributed by atoms with Crippen LogP contribution >= 0.6 is 0 Å². The third-order valence-electron chi connectivity index (χ3n) is 5.82. The number of oxazole rings is 1. The van der Waals surface area contributed by atoms with Crippen molar-refractivity contribution in [2.75, 3.05) is 0 Å². The average Bonchev–Trinajstić information content (AvgIpc) is 3.33. The number of rotatable bonds is 1. The summed E-state index contributed by atoms with van der Waals surface area (Å²) in [6, 6.07) is 20.8. The lowest BCUT2D eigenvalue weighted by Gasteiger charge is -2.03. The molecule has 0 bridgehead atoms. The van der Waals surface area contributed by atoms with E-state index in [1.807, 2.05) is 18.2 Å². The standard InChI is InChI=1S/C24H19N2O2/c1-14-12-13-16-15-8-5-7-11-19(15)27-21(16)20(14)24-26(3)23-22(28-24)17-9-4-6-10-18(17)25(23)2/h4-13H,1-3H3/q+1. The van der Waals surface area contributed by atoms with Crippen molar-refractivity contribution < 1.29 is 13.4 Å². The van der Waals surface area contributed by atoms with Crippen LogP contribution in [0.5, 0.6) is 0 Å². The SMILES string of the molecule is Cc1ccc2c(oc3ccccc32)c1-c1oc2c3ccccc3n(C)c2[n+]1C. The number of aryl methyl sites for hydroxylation is 3. The Bertz CT molecular complexity index is 1550. The van der Waals surface area contributed by atoms with Crippen LogP contribution in [-0.2, 0) is 14.1 Å². The maximum absolute atomic E-state index is 6.49. The Morgan fingerprint density at radius 2 is 1.54 bits per heavy atom. The summed E-state index contributed by atoms with van der Waals surface area (Å²) in [5.74, 6) is 0.813. The molecular weight excluding hydrogens is 348 g/mol. The first-order valence-corrected chi connectivity index (χ1v) is 9.42. The van der Waals surface area contributed by atoms with Crippen molar-refractivity contribution in [1.29, 1.82) is 0 Å². The molecule has 0 saturated heterocycles. The number of nitrogens with zero attached hydrogens (tertiary/aromatic N) is 2. The van der Waals surface area contributed by atoms with E-state index in [2.05, 4.69) is 72.6 Å². The third-order valence-corrected chi connectivity index (χ3v) is 5.82. The molecule has 4 heteroatoms. The molecule has 6 aromatic rings. The first-order chi connectivity index (χ1) is 13.6. The molecule has 0 aliphatic carbocycles. The fraction of sp³-hybridized carbons (Fsp3) is 0.125. The molecule has 3 aromatic heterocycles. The topological polar surface area (TPSA) is 35.1 Å². The van der Waals surface area contributed by atoms with Crippen molar-refractivity contribution in [2.24, 2.45) is 14.1 Å². The first kappa shape index (κ1) is 15.5. The molecule has 0 N–H and O–H groups in total. The van der Waals surface area contributed by atoms with Gasteiger partial charge in [-0.3, -0.25) is 0 Å². The molecular formula is C24H19N2O2+. The molecule has 0 amide bonds. The maximum Gasteiger partial charge on any atom is 0.328 e. The quantitative estimate of drug-likeness (QED) is 0.353.